The van der Waals surface area contributed by atoms with Crippen LogP contribution in [0, 0.1) is 13.8 Å². The molecule has 25 heavy (non-hydrogen) atoms. The molecule has 2 aromatic heterocycles. The minimum absolute atomic E-state index is 0.0325. The predicted octanol–water partition coefficient (Wildman–Crippen LogP) is 2.90. The maximum Gasteiger partial charge on any atom is 0.251 e. The van der Waals surface area contributed by atoms with Crippen molar-refractivity contribution in [1.29, 1.82) is 0 Å². The minimum atomic E-state index is -0.0810. The summed E-state index contributed by atoms with van der Waals surface area (Å²) in [6.07, 6.45) is 2.57. The fraction of sp³-hybridized carbons (Fsp3) is 0.263. The van der Waals surface area contributed by atoms with Gasteiger partial charge in [0.25, 0.3) is 5.95 Å². The summed E-state index contributed by atoms with van der Waals surface area (Å²) < 4.78 is 1.65. The maximum atomic E-state index is 12.6. The summed E-state index contributed by atoms with van der Waals surface area (Å²) in [5, 5.41) is 14.5. The molecule has 1 N–H and O–H groups in total. The Bertz CT molecular complexity index is 957. The van der Waals surface area contributed by atoms with Crippen molar-refractivity contribution < 1.29 is 9.90 Å². The lowest BCUT2D eigenvalue weighted by atomic mass is 9.82. The fourth-order valence-corrected chi connectivity index (χ4v) is 3.47. The first kappa shape index (κ1) is 15.5. The Kier molecular flexibility index (Phi) is 3.60. The molecule has 0 saturated carbocycles. The molecule has 0 unspecified atom stereocenters. The van der Waals surface area contributed by atoms with E-state index in [1.165, 1.54) is 0 Å². The summed E-state index contributed by atoms with van der Waals surface area (Å²) in [6.45, 7) is 3.81. The van der Waals surface area contributed by atoms with E-state index in [2.05, 4.69) is 15.1 Å². The third-order valence-electron chi connectivity index (χ3n) is 4.58. The van der Waals surface area contributed by atoms with Crippen LogP contribution in [0.4, 0.5) is 0 Å². The van der Waals surface area contributed by atoms with Gasteiger partial charge in [-0.1, -0.05) is 18.2 Å². The van der Waals surface area contributed by atoms with Crippen molar-refractivity contribution in [3.8, 4) is 11.7 Å². The van der Waals surface area contributed by atoms with E-state index < -0.39 is 0 Å². The largest absolute Gasteiger partial charge is 0.508 e. The Morgan fingerprint density at radius 2 is 1.84 bits per heavy atom. The van der Waals surface area contributed by atoms with Gasteiger partial charge >= 0.3 is 0 Å². The lowest BCUT2D eigenvalue weighted by Crippen LogP contribution is -2.21. The molecule has 6 heteroatoms. The number of Topliss-reactive ketones (excluding diaryl/α,β-unsaturated/α-hetero) is 1. The van der Waals surface area contributed by atoms with Gasteiger partial charge in [-0.05, 0) is 38.0 Å². The number of hydrogen-bond acceptors (Lipinski definition) is 5. The molecule has 4 rings (SSSR count). The zero-order valence-corrected chi connectivity index (χ0v) is 14.1. The number of carbonyl (C=O) groups is 1. The third kappa shape index (κ3) is 2.69. The second kappa shape index (κ2) is 5.81. The van der Waals surface area contributed by atoms with E-state index in [4.69, 9.17) is 0 Å². The van der Waals surface area contributed by atoms with Crippen LogP contribution in [0.3, 0.4) is 0 Å². The summed E-state index contributed by atoms with van der Waals surface area (Å²) in [4.78, 5) is 21.5. The molecule has 0 amide bonds. The van der Waals surface area contributed by atoms with Gasteiger partial charge in [-0.25, -0.2) is 14.6 Å². The zero-order chi connectivity index (χ0) is 17.6. The molecular weight excluding hydrogens is 316 g/mol. The summed E-state index contributed by atoms with van der Waals surface area (Å²) in [6, 6.07) is 9.07. The fourth-order valence-electron chi connectivity index (χ4n) is 3.47. The van der Waals surface area contributed by atoms with E-state index in [1.54, 1.807) is 23.0 Å². The lowest BCUT2D eigenvalue weighted by molar-refractivity contribution is 0.0963. The van der Waals surface area contributed by atoms with Crippen LogP contribution in [-0.4, -0.2) is 30.6 Å². The smallest absolute Gasteiger partial charge is 0.251 e. The Balaban J connectivity index is 1.79. The number of phenolic OH excluding ortho intramolecular Hbond substituents is 1. The summed E-state index contributed by atoms with van der Waals surface area (Å²) >= 11 is 0. The van der Waals surface area contributed by atoms with Crippen molar-refractivity contribution in [1.82, 2.24) is 19.7 Å². The van der Waals surface area contributed by atoms with Gasteiger partial charge in [-0.2, -0.15) is 5.10 Å². The number of aromatic hydroxyl groups is 1. The number of hydrogen-bond donors (Lipinski definition) is 1. The molecular formula is C19H18N4O2. The number of benzene rings is 1. The Labute approximate surface area is 145 Å². The summed E-state index contributed by atoms with van der Waals surface area (Å²) in [7, 11) is 0. The number of phenols is 1. The van der Waals surface area contributed by atoms with Crippen LogP contribution in [0.1, 0.15) is 45.3 Å². The first-order valence-corrected chi connectivity index (χ1v) is 8.23. The van der Waals surface area contributed by atoms with Gasteiger partial charge in [-0.3, -0.25) is 4.79 Å². The van der Waals surface area contributed by atoms with Crippen molar-refractivity contribution in [2.45, 2.75) is 32.6 Å². The SMILES string of the molecule is Cc1cc(C)nc(-n2ncc3c2C[C@@H](c2ccccc2O)CC3=O)n1. The van der Waals surface area contributed by atoms with E-state index in [9.17, 15) is 9.90 Å². The third-order valence-corrected chi connectivity index (χ3v) is 4.58. The van der Waals surface area contributed by atoms with Crippen molar-refractivity contribution in [2.75, 3.05) is 0 Å². The van der Waals surface area contributed by atoms with Gasteiger partial charge in [0, 0.05) is 23.7 Å². The monoisotopic (exact) mass is 334 g/mol. The highest BCUT2D eigenvalue weighted by molar-refractivity contribution is 5.98. The highest BCUT2D eigenvalue weighted by atomic mass is 16.3. The van der Waals surface area contributed by atoms with Crippen LogP contribution >= 0.6 is 0 Å². The second-order valence-corrected chi connectivity index (χ2v) is 6.45. The van der Waals surface area contributed by atoms with E-state index in [0.717, 1.165) is 22.6 Å². The molecule has 0 radical (unpaired) electrons. The second-order valence-electron chi connectivity index (χ2n) is 6.45. The molecule has 1 aliphatic carbocycles. The average molecular weight is 334 g/mol. The number of ketones is 1. The molecule has 1 atom stereocenters. The van der Waals surface area contributed by atoms with Crippen molar-refractivity contribution >= 4 is 5.78 Å². The first-order chi connectivity index (χ1) is 12.0. The molecule has 0 bridgehead atoms. The highest BCUT2D eigenvalue weighted by Crippen LogP contribution is 2.36. The number of para-hydroxylation sites is 1. The van der Waals surface area contributed by atoms with E-state index in [1.807, 2.05) is 32.0 Å². The zero-order valence-electron chi connectivity index (χ0n) is 14.1. The van der Waals surface area contributed by atoms with E-state index in [-0.39, 0.29) is 17.5 Å². The number of carbonyl (C=O) groups excluding carboxylic acids is 1. The van der Waals surface area contributed by atoms with Gasteiger partial charge in [0.1, 0.15) is 5.75 Å². The van der Waals surface area contributed by atoms with Crippen LogP contribution in [-0.2, 0) is 6.42 Å². The average Bonchev–Trinajstić information content (AvgIpc) is 2.99. The maximum absolute atomic E-state index is 12.6. The predicted molar refractivity (Wildman–Crippen MR) is 92.1 cm³/mol. The van der Waals surface area contributed by atoms with Gasteiger partial charge in [0.15, 0.2) is 5.78 Å². The lowest BCUT2D eigenvalue weighted by Gasteiger charge is -2.23. The number of nitrogens with zero attached hydrogens (tertiary/aromatic N) is 4. The van der Waals surface area contributed by atoms with E-state index in [0.29, 0.717) is 24.4 Å². The summed E-state index contributed by atoms with van der Waals surface area (Å²) in [5.74, 6) is 0.648. The Morgan fingerprint density at radius 3 is 2.56 bits per heavy atom. The Morgan fingerprint density at radius 1 is 1.12 bits per heavy atom. The van der Waals surface area contributed by atoms with E-state index >= 15 is 0 Å². The highest BCUT2D eigenvalue weighted by Gasteiger charge is 2.31. The summed E-state index contributed by atoms with van der Waals surface area (Å²) in [5.41, 5.74) is 3.91. The molecule has 0 aliphatic heterocycles. The minimum Gasteiger partial charge on any atom is -0.508 e. The molecule has 1 aliphatic rings. The van der Waals surface area contributed by atoms with Crippen molar-refractivity contribution in [2.24, 2.45) is 0 Å². The van der Waals surface area contributed by atoms with Crippen LogP contribution in [0.25, 0.3) is 5.95 Å². The van der Waals surface area contributed by atoms with Gasteiger partial charge in [0.2, 0.25) is 0 Å². The molecule has 0 spiro atoms. The number of aryl methyl sites for hydroxylation is 2. The quantitative estimate of drug-likeness (QED) is 0.779. The molecule has 1 aromatic carbocycles. The van der Waals surface area contributed by atoms with Gasteiger partial charge < -0.3 is 5.11 Å². The molecule has 0 saturated heterocycles. The molecule has 6 nitrogen and oxygen atoms in total. The Hall–Kier alpha value is -3.02. The van der Waals surface area contributed by atoms with Crippen LogP contribution in [0.15, 0.2) is 36.5 Å². The van der Waals surface area contributed by atoms with Crippen LogP contribution in [0.2, 0.25) is 0 Å². The number of aromatic nitrogens is 4. The molecule has 126 valence electrons. The topological polar surface area (TPSA) is 80.9 Å². The number of fused-ring (bicyclic) bond motifs is 1. The van der Waals surface area contributed by atoms with Crippen molar-refractivity contribution in [3.05, 3.63) is 64.7 Å². The molecule has 0 fully saturated rings. The van der Waals surface area contributed by atoms with Crippen LogP contribution in [0.5, 0.6) is 5.75 Å². The molecule has 3 aromatic rings. The molecule has 2 heterocycles. The van der Waals surface area contributed by atoms with Gasteiger partial charge in [-0.15, -0.1) is 0 Å². The normalized spacial score (nSPS) is 16.7. The van der Waals surface area contributed by atoms with Crippen LogP contribution < -0.4 is 0 Å². The number of rotatable bonds is 2. The standard InChI is InChI=1S/C19H18N4O2/c1-11-7-12(2)22-19(21-11)23-16-8-13(9-18(25)15(16)10-20-23)14-5-3-4-6-17(14)24/h3-7,10,13,24H,8-9H2,1-2H3/t13-/m1/s1. The van der Waals surface area contributed by atoms with Gasteiger partial charge in [0.05, 0.1) is 17.5 Å². The first-order valence-electron chi connectivity index (χ1n) is 8.23. The van der Waals surface area contributed by atoms with Crippen molar-refractivity contribution in [3.63, 3.8) is 0 Å².